The summed E-state index contributed by atoms with van der Waals surface area (Å²) in [7, 11) is 0. The second kappa shape index (κ2) is 1.85. The van der Waals surface area contributed by atoms with Crippen molar-refractivity contribution < 1.29 is 0 Å². The van der Waals surface area contributed by atoms with E-state index in [1.807, 2.05) is 0 Å². The van der Waals surface area contributed by atoms with Gasteiger partial charge in [-0.25, -0.2) is 0 Å². The molecular formula is C4H3Cl2N. The van der Waals surface area contributed by atoms with Gasteiger partial charge in [-0.2, -0.15) is 0 Å². The first-order valence-corrected chi connectivity index (χ1v) is 2.60. The van der Waals surface area contributed by atoms with Gasteiger partial charge in [-0.05, 0) is 0 Å². The van der Waals surface area contributed by atoms with Crippen LogP contribution >= 0.6 is 23.2 Å². The van der Waals surface area contributed by atoms with Crippen molar-refractivity contribution in [3.05, 3.63) is 10.1 Å². The average Bonchev–Trinajstić information content (AvgIpc) is 1.91. The van der Waals surface area contributed by atoms with Crippen LogP contribution in [-0.2, 0) is 0 Å². The van der Waals surface area contributed by atoms with Gasteiger partial charge in [-0.15, -0.1) is 0 Å². The zero-order valence-electron chi connectivity index (χ0n) is 3.49. The topological polar surface area (TPSA) is 12.4 Å². The Balaban J connectivity index is 2.79. The van der Waals surface area contributed by atoms with Crippen LogP contribution in [0.4, 0.5) is 0 Å². The van der Waals surface area contributed by atoms with Crippen LogP contribution in [0.25, 0.3) is 0 Å². The summed E-state index contributed by atoms with van der Waals surface area (Å²) in [5.74, 6) is 0. The highest BCUT2D eigenvalue weighted by atomic mass is 35.5. The Bertz CT molecular complexity index is 137. The van der Waals surface area contributed by atoms with Crippen molar-refractivity contribution in [3.8, 4) is 0 Å². The van der Waals surface area contributed by atoms with Gasteiger partial charge in [-0.3, -0.25) is 4.99 Å². The molecule has 0 amide bonds. The molecular weight excluding hydrogens is 133 g/mol. The van der Waals surface area contributed by atoms with Crippen LogP contribution in [0.3, 0.4) is 0 Å². The van der Waals surface area contributed by atoms with Crippen LogP contribution in [-0.4, -0.2) is 12.8 Å². The maximum Gasteiger partial charge on any atom is 0.0762 e. The minimum Gasteiger partial charge on any atom is -0.286 e. The lowest BCUT2D eigenvalue weighted by atomic mass is 10.6. The quantitative estimate of drug-likeness (QED) is 0.481. The van der Waals surface area contributed by atoms with Gasteiger partial charge in [0.05, 0.1) is 16.6 Å². The molecule has 0 radical (unpaired) electrons. The third kappa shape index (κ3) is 0.956. The van der Waals surface area contributed by atoms with Crippen LogP contribution < -0.4 is 0 Å². The molecule has 0 unspecified atom stereocenters. The summed E-state index contributed by atoms with van der Waals surface area (Å²) in [4.78, 5) is 3.78. The van der Waals surface area contributed by atoms with Crippen molar-refractivity contribution in [1.29, 1.82) is 0 Å². The average molecular weight is 136 g/mol. The number of rotatable bonds is 0. The number of hydrogen-bond acceptors (Lipinski definition) is 1. The smallest absolute Gasteiger partial charge is 0.0762 e. The van der Waals surface area contributed by atoms with Crippen LogP contribution in [0.2, 0.25) is 0 Å². The molecule has 0 aromatic rings. The summed E-state index contributed by atoms with van der Waals surface area (Å²) in [6.45, 7) is 0.556. The minimum atomic E-state index is 0.556. The molecule has 0 saturated heterocycles. The highest BCUT2D eigenvalue weighted by molar-refractivity contribution is 6.46. The van der Waals surface area contributed by atoms with Gasteiger partial charge in [0.2, 0.25) is 0 Å². The molecule has 0 aromatic carbocycles. The van der Waals surface area contributed by atoms with Crippen LogP contribution in [0.5, 0.6) is 0 Å². The Labute approximate surface area is 51.6 Å². The predicted molar refractivity (Wildman–Crippen MR) is 32.1 cm³/mol. The van der Waals surface area contributed by atoms with E-state index in [2.05, 4.69) is 4.99 Å². The molecule has 38 valence electrons. The van der Waals surface area contributed by atoms with E-state index in [0.29, 0.717) is 16.6 Å². The Morgan fingerprint density at radius 3 is 2.43 bits per heavy atom. The molecule has 0 aromatic heterocycles. The van der Waals surface area contributed by atoms with Crippen molar-refractivity contribution in [2.75, 3.05) is 6.54 Å². The lowest BCUT2D eigenvalue weighted by Crippen LogP contribution is -1.69. The van der Waals surface area contributed by atoms with Gasteiger partial charge in [0.25, 0.3) is 0 Å². The molecule has 0 aliphatic carbocycles. The zero-order chi connectivity index (χ0) is 5.28. The fraction of sp³-hybridized carbons (Fsp3) is 0.250. The largest absolute Gasteiger partial charge is 0.286 e. The number of halogens is 2. The molecule has 0 fully saturated rings. The van der Waals surface area contributed by atoms with E-state index < -0.39 is 0 Å². The lowest BCUT2D eigenvalue weighted by molar-refractivity contribution is 1.27. The Hall–Kier alpha value is -0.0100. The van der Waals surface area contributed by atoms with Crippen molar-refractivity contribution in [2.24, 2.45) is 4.99 Å². The van der Waals surface area contributed by atoms with Gasteiger partial charge in [-0.1, -0.05) is 23.2 Å². The monoisotopic (exact) mass is 135 g/mol. The summed E-state index contributed by atoms with van der Waals surface area (Å²) in [5, 5.41) is 1.21. The van der Waals surface area contributed by atoms with Gasteiger partial charge in [0, 0.05) is 6.21 Å². The van der Waals surface area contributed by atoms with Gasteiger partial charge in [0.15, 0.2) is 0 Å². The van der Waals surface area contributed by atoms with Crippen LogP contribution in [0, 0.1) is 0 Å². The molecule has 7 heavy (non-hydrogen) atoms. The summed E-state index contributed by atoms with van der Waals surface area (Å²) in [6.07, 6.45) is 1.56. The third-order valence-corrected chi connectivity index (χ3v) is 1.44. The van der Waals surface area contributed by atoms with Gasteiger partial charge in [0.1, 0.15) is 0 Å². The van der Waals surface area contributed by atoms with E-state index in [9.17, 15) is 0 Å². The van der Waals surface area contributed by atoms with Crippen LogP contribution in [0.1, 0.15) is 0 Å². The SMILES string of the molecule is ClC1=C(Cl)CN=C1. The highest BCUT2D eigenvalue weighted by Crippen LogP contribution is 2.16. The fourth-order valence-corrected chi connectivity index (χ4v) is 0.598. The molecule has 1 aliphatic heterocycles. The van der Waals surface area contributed by atoms with Gasteiger partial charge >= 0.3 is 0 Å². The Morgan fingerprint density at radius 2 is 2.29 bits per heavy atom. The van der Waals surface area contributed by atoms with E-state index in [4.69, 9.17) is 23.2 Å². The third-order valence-electron chi connectivity index (χ3n) is 0.694. The molecule has 0 saturated carbocycles. The molecule has 1 rings (SSSR count). The van der Waals surface area contributed by atoms with E-state index >= 15 is 0 Å². The Morgan fingerprint density at radius 1 is 1.57 bits per heavy atom. The standard InChI is InChI=1S/C4H3Cl2N/c5-3-1-7-2-4(3)6/h1H,2H2. The van der Waals surface area contributed by atoms with E-state index in [1.54, 1.807) is 6.21 Å². The van der Waals surface area contributed by atoms with Crippen molar-refractivity contribution in [3.63, 3.8) is 0 Å². The molecule has 3 heteroatoms. The summed E-state index contributed by atoms with van der Waals surface area (Å²) >= 11 is 10.9. The van der Waals surface area contributed by atoms with Crippen LogP contribution in [0.15, 0.2) is 15.1 Å². The predicted octanol–water partition coefficient (Wildman–Crippen LogP) is 1.76. The molecule has 0 atom stereocenters. The molecule has 1 heterocycles. The van der Waals surface area contributed by atoms with Crippen molar-refractivity contribution in [2.45, 2.75) is 0 Å². The number of aliphatic imine (C=N–C) groups is 1. The van der Waals surface area contributed by atoms with E-state index in [-0.39, 0.29) is 0 Å². The second-order valence-corrected chi connectivity index (χ2v) is 2.09. The molecule has 0 spiro atoms. The minimum absolute atomic E-state index is 0.556. The second-order valence-electron chi connectivity index (χ2n) is 1.22. The first-order chi connectivity index (χ1) is 3.30. The van der Waals surface area contributed by atoms with Gasteiger partial charge < -0.3 is 0 Å². The number of hydrogen-bond donors (Lipinski definition) is 0. The summed E-state index contributed by atoms with van der Waals surface area (Å²) < 4.78 is 0. The first kappa shape index (κ1) is 5.13. The highest BCUT2D eigenvalue weighted by Gasteiger charge is 2.02. The van der Waals surface area contributed by atoms with Crippen molar-refractivity contribution >= 4 is 29.4 Å². The first-order valence-electron chi connectivity index (χ1n) is 1.84. The Kier molecular flexibility index (Phi) is 1.35. The number of nitrogens with zero attached hydrogens (tertiary/aromatic N) is 1. The van der Waals surface area contributed by atoms with Crippen molar-refractivity contribution in [1.82, 2.24) is 0 Å². The fourth-order valence-electron chi connectivity index (χ4n) is 0.352. The van der Waals surface area contributed by atoms with E-state index in [1.165, 1.54) is 0 Å². The molecule has 1 aliphatic rings. The molecule has 0 bridgehead atoms. The maximum absolute atomic E-state index is 5.49. The summed E-state index contributed by atoms with van der Waals surface area (Å²) in [5.41, 5.74) is 0. The summed E-state index contributed by atoms with van der Waals surface area (Å²) in [6, 6.07) is 0. The maximum atomic E-state index is 5.49. The van der Waals surface area contributed by atoms with E-state index in [0.717, 1.165) is 0 Å². The zero-order valence-corrected chi connectivity index (χ0v) is 5.00. The lowest BCUT2D eigenvalue weighted by Gasteiger charge is -1.79. The molecule has 0 N–H and O–H groups in total. The molecule has 1 nitrogen and oxygen atoms in total. The number of allylic oxidation sites excluding steroid dienone is 1. The normalized spacial score (nSPS) is 19.1.